The second-order valence-electron chi connectivity index (χ2n) is 2.93. The molecule has 1 nitrogen and oxygen atoms in total. The molecule has 0 rings (SSSR count). The Kier molecular flexibility index (Phi) is 5.27. The van der Waals surface area contributed by atoms with Crippen molar-refractivity contribution in [2.24, 2.45) is 5.92 Å². The molecule has 1 heteroatoms. The third kappa shape index (κ3) is 5.80. The summed E-state index contributed by atoms with van der Waals surface area (Å²) in [6, 6.07) is 0. The summed E-state index contributed by atoms with van der Waals surface area (Å²) in [5.41, 5.74) is 0. The van der Waals surface area contributed by atoms with Gasteiger partial charge in [-0.05, 0) is 18.8 Å². The lowest BCUT2D eigenvalue weighted by molar-refractivity contribution is -0.119. The zero-order chi connectivity index (χ0) is 7.98. The van der Waals surface area contributed by atoms with Crippen molar-refractivity contribution in [3.8, 4) is 0 Å². The van der Waals surface area contributed by atoms with Crippen molar-refractivity contribution in [2.45, 2.75) is 39.5 Å². The summed E-state index contributed by atoms with van der Waals surface area (Å²) in [6.07, 6.45) is 3.38. The lowest BCUT2D eigenvalue weighted by atomic mass is 10.0. The lowest BCUT2D eigenvalue weighted by Gasteiger charge is -2.01. The normalized spacial score (nSPS) is 10.4. The van der Waals surface area contributed by atoms with Gasteiger partial charge in [0.15, 0.2) is 0 Å². The molecule has 0 heterocycles. The van der Waals surface area contributed by atoms with Gasteiger partial charge in [-0.15, -0.1) is 0 Å². The molecule has 0 fully saturated rings. The van der Waals surface area contributed by atoms with Gasteiger partial charge in [-0.3, -0.25) is 4.79 Å². The van der Waals surface area contributed by atoms with Gasteiger partial charge in [-0.1, -0.05) is 20.8 Å². The molecule has 1 unspecified atom stereocenters. The summed E-state index contributed by atoms with van der Waals surface area (Å²) in [6.45, 7) is 7.89. The van der Waals surface area contributed by atoms with E-state index in [4.69, 9.17) is 0 Å². The zero-order valence-corrected chi connectivity index (χ0v) is 7.02. The molecule has 0 saturated heterocycles. The molecule has 0 aliphatic heterocycles. The largest absolute Gasteiger partial charge is 0.300 e. The van der Waals surface area contributed by atoms with Gasteiger partial charge in [-0.25, -0.2) is 0 Å². The highest BCUT2D eigenvalue weighted by molar-refractivity contribution is 5.78. The second kappa shape index (κ2) is 5.45. The summed E-state index contributed by atoms with van der Waals surface area (Å²) in [5.74, 6) is 0.804. The first-order valence-electron chi connectivity index (χ1n) is 4.01. The number of ketones is 1. The molecular weight excluding hydrogens is 124 g/mol. The molecule has 1 radical (unpaired) electrons. The fourth-order valence-electron chi connectivity index (χ4n) is 0.811. The summed E-state index contributed by atoms with van der Waals surface area (Å²) in [5, 5.41) is 0. The molecular formula is C9H17O. The maximum atomic E-state index is 10.9. The van der Waals surface area contributed by atoms with E-state index < -0.39 is 0 Å². The molecule has 0 saturated carbocycles. The molecule has 0 aliphatic carbocycles. The van der Waals surface area contributed by atoms with E-state index in [1.165, 1.54) is 0 Å². The second-order valence-corrected chi connectivity index (χ2v) is 2.93. The fraction of sp³-hybridized carbons (Fsp3) is 0.778. The van der Waals surface area contributed by atoms with E-state index in [2.05, 4.69) is 6.92 Å². The van der Waals surface area contributed by atoms with E-state index in [1.807, 2.05) is 13.8 Å². The van der Waals surface area contributed by atoms with Crippen molar-refractivity contribution < 1.29 is 4.79 Å². The molecule has 0 amide bonds. The topological polar surface area (TPSA) is 17.1 Å². The van der Waals surface area contributed by atoms with Gasteiger partial charge in [0, 0.05) is 12.8 Å². The monoisotopic (exact) mass is 141 g/mol. The van der Waals surface area contributed by atoms with Crippen molar-refractivity contribution in [2.75, 3.05) is 0 Å². The number of carbonyl (C=O) groups excluding carboxylic acids is 1. The maximum Gasteiger partial charge on any atom is 0.132 e. The predicted octanol–water partition coefficient (Wildman–Crippen LogP) is 2.61. The SMILES string of the molecule is [CH2]C(C)CCC(=O)CCC. The van der Waals surface area contributed by atoms with Gasteiger partial charge in [0.05, 0.1) is 0 Å². The van der Waals surface area contributed by atoms with Gasteiger partial charge in [-0.2, -0.15) is 0 Å². The number of hydrogen-bond donors (Lipinski definition) is 0. The van der Waals surface area contributed by atoms with Crippen LogP contribution in [0.3, 0.4) is 0 Å². The Bertz CT molecular complexity index is 94.9. The van der Waals surface area contributed by atoms with Crippen LogP contribution in [-0.4, -0.2) is 5.78 Å². The zero-order valence-electron chi connectivity index (χ0n) is 7.02. The molecule has 0 aliphatic rings. The molecule has 0 N–H and O–H groups in total. The minimum absolute atomic E-state index is 0.387. The van der Waals surface area contributed by atoms with Crippen molar-refractivity contribution in [1.29, 1.82) is 0 Å². The van der Waals surface area contributed by atoms with Crippen LogP contribution < -0.4 is 0 Å². The van der Waals surface area contributed by atoms with E-state index >= 15 is 0 Å². The lowest BCUT2D eigenvalue weighted by Crippen LogP contribution is -1.99. The summed E-state index contributed by atoms with van der Waals surface area (Å²) >= 11 is 0. The highest BCUT2D eigenvalue weighted by Gasteiger charge is 2.01. The molecule has 10 heavy (non-hydrogen) atoms. The number of Topliss-reactive ketones (excluding diaryl/α,β-unsaturated/α-hetero) is 1. The summed E-state index contributed by atoms with van der Waals surface area (Å²) in [4.78, 5) is 10.9. The van der Waals surface area contributed by atoms with Crippen LogP contribution in [0.15, 0.2) is 0 Å². The minimum atomic E-state index is 0.387. The smallest absolute Gasteiger partial charge is 0.132 e. The average molecular weight is 141 g/mol. The van der Waals surface area contributed by atoms with Crippen LogP contribution in [0.4, 0.5) is 0 Å². The molecule has 0 bridgehead atoms. The van der Waals surface area contributed by atoms with Gasteiger partial charge in [0.2, 0.25) is 0 Å². The van der Waals surface area contributed by atoms with Crippen LogP contribution >= 0.6 is 0 Å². The maximum absolute atomic E-state index is 10.9. The highest BCUT2D eigenvalue weighted by Crippen LogP contribution is 2.05. The van der Waals surface area contributed by atoms with Crippen molar-refractivity contribution in [3.05, 3.63) is 6.92 Å². The van der Waals surface area contributed by atoms with E-state index in [1.54, 1.807) is 0 Å². The molecule has 0 aromatic rings. The fourth-order valence-corrected chi connectivity index (χ4v) is 0.811. The number of carbonyl (C=O) groups is 1. The van der Waals surface area contributed by atoms with E-state index in [0.29, 0.717) is 11.7 Å². The Balaban J connectivity index is 3.22. The van der Waals surface area contributed by atoms with E-state index in [-0.39, 0.29) is 0 Å². The number of hydrogen-bond acceptors (Lipinski definition) is 1. The van der Waals surface area contributed by atoms with Crippen LogP contribution in [-0.2, 0) is 4.79 Å². The van der Waals surface area contributed by atoms with Crippen molar-refractivity contribution in [3.63, 3.8) is 0 Å². The Labute approximate surface area is 63.8 Å². The van der Waals surface area contributed by atoms with Crippen LogP contribution in [0.5, 0.6) is 0 Å². The standard InChI is InChI=1S/C9H17O/c1-4-5-9(10)7-6-8(2)3/h8H,2,4-7H2,1,3H3. The molecule has 1 atom stereocenters. The highest BCUT2D eigenvalue weighted by atomic mass is 16.1. The van der Waals surface area contributed by atoms with E-state index in [0.717, 1.165) is 25.7 Å². The quantitative estimate of drug-likeness (QED) is 0.575. The first-order valence-corrected chi connectivity index (χ1v) is 4.01. The Morgan fingerprint density at radius 3 is 2.50 bits per heavy atom. The van der Waals surface area contributed by atoms with Crippen molar-refractivity contribution in [1.82, 2.24) is 0 Å². The minimum Gasteiger partial charge on any atom is -0.300 e. The van der Waals surface area contributed by atoms with Gasteiger partial charge >= 0.3 is 0 Å². The van der Waals surface area contributed by atoms with Gasteiger partial charge < -0.3 is 0 Å². The Hall–Kier alpha value is -0.330. The van der Waals surface area contributed by atoms with Crippen molar-refractivity contribution >= 4 is 5.78 Å². The molecule has 59 valence electrons. The van der Waals surface area contributed by atoms with Crippen LogP contribution in [0.25, 0.3) is 0 Å². The average Bonchev–Trinajstić information content (AvgIpc) is 1.85. The predicted molar refractivity (Wildman–Crippen MR) is 43.7 cm³/mol. The first-order chi connectivity index (χ1) is 4.66. The Morgan fingerprint density at radius 2 is 2.10 bits per heavy atom. The van der Waals surface area contributed by atoms with E-state index in [9.17, 15) is 4.79 Å². The number of rotatable bonds is 5. The molecule has 0 spiro atoms. The third-order valence-corrected chi connectivity index (χ3v) is 1.44. The van der Waals surface area contributed by atoms with Crippen LogP contribution in [0, 0.1) is 12.8 Å². The first kappa shape index (κ1) is 9.67. The third-order valence-electron chi connectivity index (χ3n) is 1.44. The molecule has 0 aromatic heterocycles. The van der Waals surface area contributed by atoms with Gasteiger partial charge in [0.1, 0.15) is 5.78 Å². The Morgan fingerprint density at radius 1 is 1.50 bits per heavy atom. The summed E-state index contributed by atoms with van der Waals surface area (Å²) in [7, 11) is 0. The molecule has 0 aromatic carbocycles. The van der Waals surface area contributed by atoms with Crippen LogP contribution in [0.1, 0.15) is 39.5 Å². The summed E-state index contributed by atoms with van der Waals surface area (Å²) < 4.78 is 0. The van der Waals surface area contributed by atoms with Gasteiger partial charge in [0.25, 0.3) is 0 Å². The van der Waals surface area contributed by atoms with Crippen LogP contribution in [0.2, 0.25) is 0 Å².